The maximum Gasteiger partial charge on any atom is -0.0264 e. The molecule has 0 nitrogen and oxygen atoms in total. The second kappa shape index (κ2) is 5.25. The van der Waals surface area contributed by atoms with Gasteiger partial charge in [0.25, 0.3) is 0 Å². The van der Waals surface area contributed by atoms with Crippen LogP contribution >= 0.6 is 0 Å². The molecule has 0 radical (unpaired) electrons. The normalized spacial score (nSPS) is 57.8. The Hall–Kier alpha value is 0. The van der Waals surface area contributed by atoms with Crippen LogP contribution in [0, 0.1) is 46.3 Å². The molecular weight excluding hydrogens is 264 g/mol. The van der Waals surface area contributed by atoms with Crippen molar-refractivity contribution in [2.45, 2.75) is 91.9 Å². The molecule has 4 saturated carbocycles. The molecule has 22 heavy (non-hydrogen) atoms. The monoisotopic (exact) mass is 302 g/mol. The van der Waals surface area contributed by atoms with E-state index in [0.29, 0.717) is 10.8 Å². The molecule has 8 atom stereocenters. The zero-order chi connectivity index (χ0) is 15.5. The molecule has 0 aliphatic heterocycles. The maximum atomic E-state index is 2.72. The molecule has 0 bridgehead atoms. The predicted octanol–water partition coefficient (Wildman–Crippen LogP) is 6.69. The van der Waals surface area contributed by atoms with Crippen molar-refractivity contribution in [3.63, 3.8) is 0 Å². The van der Waals surface area contributed by atoms with E-state index >= 15 is 0 Å². The van der Waals surface area contributed by atoms with Gasteiger partial charge in [-0.1, -0.05) is 47.0 Å². The van der Waals surface area contributed by atoms with Crippen LogP contribution in [0.4, 0.5) is 0 Å². The molecule has 126 valence electrons. The number of hydrogen-bond acceptors (Lipinski definition) is 0. The van der Waals surface area contributed by atoms with Gasteiger partial charge in [-0.05, 0) is 91.3 Å². The Labute approximate surface area is 138 Å². The third-order valence-electron chi connectivity index (χ3n) is 9.69. The van der Waals surface area contributed by atoms with E-state index in [4.69, 9.17) is 0 Å². The topological polar surface area (TPSA) is 0 Å². The second-order valence-electron chi connectivity index (χ2n) is 10.2. The molecule has 0 amide bonds. The Bertz CT molecular complexity index is 426. The van der Waals surface area contributed by atoms with Crippen molar-refractivity contribution in [1.29, 1.82) is 0 Å². The lowest BCUT2D eigenvalue weighted by Crippen LogP contribution is -2.54. The Morgan fingerprint density at radius 2 is 1.50 bits per heavy atom. The molecular formula is C22H38. The lowest BCUT2D eigenvalue weighted by Gasteiger charge is -2.61. The van der Waals surface area contributed by atoms with Crippen LogP contribution in [-0.2, 0) is 0 Å². The van der Waals surface area contributed by atoms with Gasteiger partial charge in [0.15, 0.2) is 0 Å². The SMILES string of the molecule is CC[C@H]1CC[C@H]2[C@@H]3CCC4C(C)CCC[C@]4(C)[C@H]3CC[C@]12C. The molecule has 0 aromatic rings. The van der Waals surface area contributed by atoms with E-state index in [1.54, 1.807) is 38.5 Å². The van der Waals surface area contributed by atoms with Crippen LogP contribution in [-0.4, -0.2) is 0 Å². The van der Waals surface area contributed by atoms with Gasteiger partial charge in [-0.25, -0.2) is 0 Å². The Kier molecular flexibility index (Phi) is 3.70. The molecule has 0 heteroatoms. The molecule has 4 aliphatic carbocycles. The Balaban J connectivity index is 1.63. The summed E-state index contributed by atoms with van der Waals surface area (Å²) in [5, 5.41) is 0. The summed E-state index contributed by atoms with van der Waals surface area (Å²) in [5.41, 5.74) is 1.41. The second-order valence-corrected chi connectivity index (χ2v) is 10.2. The summed E-state index contributed by atoms with van der Waals surface area (Å²) in [5.74, 6) is 6.32. The number of hydrogen-bond donors (Lipinski definition) is 0. The van der Waals surface area contributed by atoms with Gasteiger partial charge in [0, 0.05) is 0 Å². The molecule has 0 N–H and O–H groups in total. The standard InChI is InChI=1S/C22H38/c1-5-16-8-10-19-17-9-11-18-15(2)7-6-13-22(18,4)20(17)12-14-21(16,19)3/h15-20H,5-14H2,1-4H3/t15?,16-,17-,18?,19-,20-,21+,22-/m0/s1. The fourth-order valence-electron chi connectivity index (χ4n) is 8.58. The molecule has 0 aromatic heterocycles. The van der Waals surface area contributed by atoms with Crippen LogP contribution in [0.5, 0.6) is 0 Å². The van der Waals surface area contributed by atoms with E-state index < -0.39 is 0 Å². The molecule has 4 rings (SSSR count). The van der Waals surface area contributed by atoms with Crippen LogP contribution in [0.3, 0.4) is 0 Å². The van der Waals surface area contributed by atoms with E-state index in [0.717, 1.165) is 35.5 Å². The van der Waals surface area contributed by atoms with E-state index in [1.807, 2.05) is 0 Å². The van der Waals surface area contributed by atoms with Crippen LogP contribution in [0.1, 0.15) is 91.9 Å². The average Bonchev–Trinajstić information content (AvgIpc) is 2.83. The summed E-state index contributed by atoms with van der Waals surface area (Å²) in [6, 6.07) is 0. The summed E-state index contributed by atoms with van der Waals surface area (Å²) in [4.78, 5) is 0. The van der Waals surface area contributed by atoms with Crippen molar-refractivity contribution < 1.29 is 0 Å². The highest BCUT2D eigenvalue weighted by molar-refractivity contribution is 5.09. The highest BCUT2D eigenvalue weighted by Gasteiger charge is 2.59. The molecule has 0 aromatic carbocycles. The molecule has 2 unspecified atom stereocenters. The fraction of sp³-hybridized carbons (Fsp3) is 1.00. The van der Waals surface area contributed by atoms with Crippen molar-refractivity contribution in [1.82, 2.24) is 0 Å². The van der Waals surface area contributed by atoms with Gasteiger partial charge in [-0.2, -0.15) is 0 Å². The smallest absolute Gasteiger partial charge is 0.0264 e. The number of fused-ring (bicyclic) bond motifs is 5. The van der Waals surface area contributed by atoms with Crippen molar-refractivity contribution in [3.8, 4) is 0 Å². The van der Waals surface area contributed by atoms with Gasteiger partial charge in [0.1, 0.15) is 0 Å². The first-order chi connectivity index (χ1) is 10.5. The quantitative estimate of drug-likeness (QED) is 0.506. The summed E-state index contributed by atoms with van der Waals surface area (Å²) in [6.07, 6.45) is 15.3. The minimum absolute atomic E-state index is 0.701. The van der Waals surface area contributed by atoms with E-state index in [1.165, 1.54) is 25.7 Å². The first kappa shape index (κ1) is 15.5. The van der Waals surface area contributed by atoms with Gasteiger partial charge >= 0.3 is 0 Å². The summed E-state index contributed by atoms with van der Waals surface area (Å²) in [6.45, 7) is 10.4. The van der Waals surface area contributed by atoms with Gasteiger partial charge in [0.05, 0.1) is 0 Å². The predicted molar refractivity (Wildman–Crippen MR) is 94.7 cm³/mol. The van der Waals surface area contributed by atoms with Gasteiger partial charge < -0.3 is 0 Å². The summed E-state index contributed by atoms with van der Waals surface area (Å²) >= 11 is 0. The van der Waals surface area contributed by atoms with Crippen molar-refractivity contribution in [2.24, 2.45) is 46.3 Å². The summed E-state index contributed by atoms with van der Waals surface area (Å²) in [7, 11) is 0. The zero-order valence-corrected chi connectivity index (χ0v) is 15.5. The van der Waals surface area contributed by atoms with Gasteiger partial charge in [-0.15, -0.1) is 0 Å². The van der Waals surface area contributed by atoms with Crippen LogP contribution in [0.15, 0.2) is 0 Å². The minimum Gasteiger partial charge on any atom is -0.0651 e. The average molecular weight is 303 g/mol. The van der Waals surface area contributed by atoms with Crippen LogP contribution in [0.2, 0.25) is 0 Å². The van der Waals surface area contributed by atoms with Crippen molar-refractivity contribution in [2.75, 3.05) is 0 Å². The maximum absolute atomic E-state index is 2.72. The van der Waals surface area contributed by atoms with E-state index in [9.17, 15) is 0 Å². The van der Waals surface area contributed by atoms with Gasteiger partial charge in [-0.3, -0.25) is 0 Å². The Morgan fingerprint density at radius 3 is 2.27 bits per heavy atom. The van der Waals surface area contributed by atoms with E-state index in [-0.39, 0.29) is 0 Å². The largest absolute Gasteiger partial charge is 0.0651 e. The van der Waals surface area contributed by atoms with Gasteiger partial charge in [0.2, 0.25) is 0 Å². The highest BCUT2D eigenvalue weighted by Crippen LogP contribution is 2.68. The third-order valence-corrected chi connectivity index (χ3v) is 9.69. The molecule has 4 aliphatic rings. The molecule has 0 heterocycles. The summed E-state index contributed by atoms with van der Waals surface area (Å²) < 4.78 is 0. The third kappa shape index (κ3) is 1.94. The Morgan fingerprint density at radius 1 is 0.773 bits per heavy atom. The zero-order valence-electron chi connectivity index (χ0n) is 15.5. The first-order valence-corrected chi connectivity index (χ1v) is 10.5. The van der Waals surface area contributed by atoms with E-state index in [2.05, 4.69) is 27.7 Å². The molecule has 0 spiro atoms. The molecule has 4 fully saturated rings. The van der Waals surface area contributed by atoms with Crippen LogP contribution in [0.25, 0.3) is 0 Å². The first-order valence-electron chi connectivity index (χ1n) is 10.5. The molecule has 0 saturated heterocycles. The lowest BCUT2D eigenvalue weighted by atomic mass is 9.43. The van der Waals surface area contributed by atoms with Crippen molar-refractivity contribution >= 4 is 0 Å². The highest BCUT2D eigenvalue weighted by atomic mass is 14.6. The minimum atomic E-state index is 0.701. The lowest BCUT2D eigenvalue weighted by molar-refractivity contribution is -0.124. The fourth-order valence-corrected chi connectivity index (χ4v) is 8.58. The van der Waals surface area contributed by atoms with Crippen LogP contribution < -0.4 is 0 Å². The van der Waals surface area contributed by atoms with Crippen molar-refractivity contribution in [3.05, 3.63) is 0 Å². The number of rotatable bonds is 1.